The van der Waals surface area contributed by atoms with Crippen LogP contribution in [0.4, 0.5) is 5.82 Å². The van der Waals surface area contributed by atoms with Gasteiger partial charge in [0.1, 0.15) is 5.82 Å². The van der Waals surface area contributed by atoms with Crippen molar-refractivity contribution in [3.05, 3.63) is 54.0 Å². The van der Waals surface area contributed by atoms with Gasteiger partial charge < -0.3 is 10.2 Å². The van der Waals surface area contributed by atoms with Crippen LogP contribution in [0.5, 0.6) is 0 Å². The van der Waals surface area contributed by atoms with Crippen LogP contribution < -0.4 is 5.32 Å². The van der Waals surface area contributed by atoms with Gasteiger partial charge in [0, 0.05) is 37.0 Å². The van der Waals surface area contributed by atoms with Gasteiger partial charge >= 0.3 is 0 Å². The quantitative estimate of drug-likeness (QED) is 0.740. The van der Waals surface area contributed by atoms with E-state index in [2.05, 4.69) is 20.4 Å². The third-order valence-electron chi connectivity index (χ3n) is 4.23. The summed E-state index contributed by atoms with van der Waals surface area (Å²) >= 11 is 0. The highest BCUT2D eigenvalue weighted by molar-refractivity contribution is 6.04. The van der Waals surface area contributed by atoms with Gasteiger partial charge in [-0.15, -0.1) is 0 Å². The predicted molar refractivity (Wildman–Crippen MR) is 102 cm³/mol. The van der Waals surface area contributed by atoms with Crippen molar-refractivity contribution in [2.45, 2.75) is 13.5 Å². The third-order valence-corrected chi connectivity index (χ3v) is 4.23. The number of likely N-dealkylation sites (N-methyl/N-ethyl adjacent to an activating group) is 1. The number of anilines is 1. The van der Waals surface area contributed by atoms with E-state index in [0.29, 0.717) is 17.9 Å². The summed E-state index contributed by atoms with van der Waals surface area (Å²) in [6.07, 6.45) is 5.45. The van der Waals surface area contributed by atoms with Gasteiger partial charge in [-0.1, -0.05) is 6.07 Å². The zero-order valence-corrected chi connectivity index (χ0v) is 15.6. The van der Waals surface area contributed by atoms with Gasteiger partial charge in [-0.2, -0.15) is 10.2 Å². The van der Waals surface area contributed by atoms with E-state index in [4.69, 9.17) is 0 Å². The Balaban J connectivity index is 1.80. The lowest BCUT2D eigenvalue weighted by Gasteiger charge is -2.13. The minimum atomic E-state index is -0.151. The number of hydrogen-bond donors (Lipinski definition) is 1. The lowest BCUT2D eigenvalue weighted by atomic mass is 10.0. The maximum Gasteiger partial charge on any atom is 0.256 e. The molecule has 1 aromatic carbocycles. The van der Waals surface area contributed by atoms with Crippen molar-refractivity contribution < 1.29 is 4.79 Å². The average Bonchev–Trinajstić information content (AvgIpc) is 3.22. The summed E-state index contributed by atoms with van der Waals surface area (Å²) in [5.74, 6) is 0.544. The molecular weight excluding hydrogens is 328 g/mol. The standard InChI is InChI=1S/C19H24N6O/c1-14-5-6-15(11-17(14)16-12-21-24(4)13-16)19(26)22-18-7-8-20-25(18)10-9-23(2)3/h5-8,11-13H,9-10H2,1-4H3,(H,22,26). The summed E-state index contributed by atoms with van der Waals surface area (Å²) in [6, 6.07) is 7.51. The van der Waals surface area contributed by atoms with E-state index >= 15 is 0 Å². The fourth-order valence-electron chi connectivity index (χ4n) is 2.73. The number of rotatable bonds is 6. The lowest BCUT2D eigenvalue weighted by molar-refractivity contribution is 0.102. The van der Waals surface area contributed by atoms with Crippen molar-refractivity contribution in [3.63, 3.8) is 0 Å². The van der Waals surface area contributed by atoms with Crippen LogP contribution in [0.1, 0.15) is 15.9 Å². The molecule has 0 spiro atoms. The molecule has 0 saturated carbocycles. The summed E-state index contributed by atoms with van der Waals surface area (Å²) in [7, 11) is 5.90. The zero-order valence-electron chi connectivity index (χ0n) is 15.6. The van der Waals surface area contributed by atoms with E-state index in [-0.39, 0.29) is 5.91 Å². The smallest absolute Gasteiger partial charge is 0.256 e. The molecule has 0 aliphatic rings. The molecule has 1 N–H and O–H groups in total. The van der Waals surface area contributed by atoms with Crippen LogP contribution in [0.2, 0.25) is 0 Å². The molecular formula is C19H24N6O. The monoisotopic (exact) mass is 352 g/mol. The molecule has 0 atom stereocenters. The maximum atomic E-state index is 12.7. The van der Waals surface area contributed by atoms with Crippen molar-refractivity contribution >= 4 is 11.7 Å². The van der Waals surface area contributed by atoms with E-state index in [0.717, 1.165) is 23.2 Å². The third kappa shape index (κ3) is 4.00. The van der Waals surface area contributed by atoms with E-state index in [1.54, 1.807) is 21.8 Å². The largest absolute Gasteiger partial charge is 0.308 e. The molecule has 2 aromatic heterocycles. The number of nitrogens with zero attached hydrogens (tertiary/aromatic N) is 5. The lowest BCUT2D eigenvalue weighted by Crippen LogP contribution is -2.21. The molecule has 0 radical (unpaired) electrons. The highest BCUT2D eigenvalue weighted by Crippen LogP contribution is 2.24. The highest BCUT2D eigenvalue weighted by atomic mass is 16.1. The molecule has 136 valence electrons. The van der Waals surface area contributed by atoms with Gasteiger partial charge in [-0.3, -0.25) is 9.48 Å². The molecule has 26 heavy (non-hydrogen) atoms. The summed E-state index contributed by atoms with van der Waals surface area (Å²) in [5, 5.41) is 11.5. The first kappa shape index (κ1) is 17.9. The molecule has 7 nitrogen and oxygen atoms in total. The molecule has 1 amide bonds. The van der Waals surface area contributed by atoms with Crippen LogP contribution >= 0.6 is 0 Å². The molecule has 3 rings (SSSR count). The van der Waals surface area contributed by atoms with Crippen LogP contribution in [0.3, 0.4) is 0 Å². The normalized spacial score (nSPS) is 11.1. The molecule has 2 heterocycles. The summed E-state index contributed by atoms with van der Waals surface area (Å²) in [4.78, 5) is 14.8. The minimum absolute atomic E-state index is 0.151. The number of carbonyl (C=O) groups excluding carboxylic acids is 1. The van der Waals surface area contributed by atoms with Gasteiger partial charge in [0.25, 0.3) is 5.91 Å². The average molecular weight is 352 g/mol. The van der Waals surface area contributed by atoms with Gasteiger partial charge in [0.15, 0.2) is 0 Å². The fraction of sp³-hybridized carbons (Fsp3) is 0.316. The number of aromatic nitrogens is 4. The Morgan fingerprint density at radius 2 is 2.04 bits per heavy atom. The molecule has 0 unspecified atom stereocenters. The Hall–Kier alpha value is -2.93. The number of benzene rings is 1. The Bertz CT molecular complexity index is 908. The van der Waals surface area contributed by atoms with Crippen molar-refractivity contribution in [3.8, 4) is 11.1 Å². The molecule has 0 bridgehead atoms. The van der Waals surface area contributed by atoms with E-state index < -0.39 is 0 Å². The number of amides is 1. The number of nitrogens with one attached hydrogen (secondary N) is 1. The van der Waals surface area contributed by atoms with E-state index in [1.807, 2.05) is 58.5 Å². The van der Waals surface area contributed by atoms with E-state index in [9.17, 15) is 4.79 Å². The van der Waals surface area contributed by atoms with Crippen LogP contribution in [-0.2, 0) is 13.6 Å². The molecule has 0 aliphatic heterocycles. The van der Waals surface area contributed by atoms with Crippen LogP contribution in [0.25, 0.3) is 11.1 Å². The van der Waals surface area contributed by atoms with Crippen LogP contribution in [-0.4, -0.2) is 51.0 Å². The maximum absolute atomic E-state index is 12.7. The number of aryl methyl sites for hydroxylation is 2. The SMILES string of the molecule is Cc1ccc(C(=O)Nc2ccnn2CCN(C)C)cc1-c1cnn(C)c1. The van der Waals surface area contributed by atoms with Crippen LogP contribution in [0, 0.1) is 6.92 Å². The Kier molecular flexibility index (Phi) is 5.18. The summed E-state index contributed by atoms with van der Waals surface area (Å²) in [5.41, 5.74) is 3.71. The molecule has 7 heteroatoms. The minimum Gasteiger partial charge on any atom is -0.308 e. The van der Waals surface area contributed by atoms with Gasteiger partial charge in [-0.25, -0.2) is 4.68 Å². The number of carbonyl (C=O) groups is 1. The predicted octanol–water partition coefficient (Wildman–Crippen LogP) is 2.41. The zero-order chi connectivity index (χ0) is 18.7. The first-order chi connectivity index (χ1) is 12.4. The number of hydrogen-bond acceptors (Lipinski definition) is 4. The molecule has 3 aromatic rings. The second-order valence-corrected chi connectivity index (χ2v) is 6.63. The van der Waals surface area contributed by atoms with Gasteiger partial charge in [0.2, 0.25) is 0 Å². The van der Waals surface area contributed by atoms with Crippen molar-refractivity contribution in [1.29, 1.82) is 0 Å². The summed E-state index contributed by atoms with van der Waals surface area (Å²) in [6.45, 7) is 3.59. The topological polar surface area (TPSA) is 68.0 Å². The van der Waals surface area contributed by atoms with Crippen molar-refractivity contribution in [1.82, 2.24) is 24.5 Å². The molecule has 0 aliphatic carbocycles. The van der Waals surface area contributed by atoms with Gasteiger partial charge in [0.05, 0.1) is 18.9 Å². The summed E-state index contributed by atoms with van der Waals surface area (Å²) < 4.78 is 3.55. The van der Waals surface area contributed by atoms with Crippen molar-refractivity contribution in [2.24, 2.45) is 7.05 Å². The second kappa shape index (κ2) is 7.53. The fourth-order valence-corrected chi connectivity index (χ4v) is 2.73. The molecule has 0 fully saturated rings. The highest BCUT2D eigenvalue weighted by Gasteiger charge is 2.13. The van der Waals surface area contributed by atoms with E-state index in [1.165, 1.54) is 0 Å². The second-order valence-electron chi connectivity index (χ2n) is 6.63. The Morgan fingerprint density at radius 1 is 1.23 bits per heavy atom. The van der Waals surface area contributed by atoms with Crippen LogP contribution in [0.15, 0.2) is 42.9 Å². The Labute approximate surface area is 153 Å². The molecule has 0 saturated heterocycles. The first-order valence-electron chi connectivity index (χ1n) is 8.51. The van der Waals surface area contributed by atoms with Gasteiger partial charge in [-0.05, 0) is 44.3 Å². The Morgan fingerprint density at radius 3 is 2.73 bits per heavy atom. The first-order valence-corrected chi connectivity index (χ1v) is 8.51. The van der Waals surface area contributed by atoms with Crippen molar-refractivity contribution in [2.75, 3.05) is 26.0 Å².